The monoisotopic (exact) mass is 281 g/mol. The van der Waals surface area contributed by atoms with Gasteiger partial charge in [0.25, 0.3) is 5.91 Å². The van der Waals surface area contributed by atoms with Gasteiger partial charge in [-0.2, -0.15) is 0 Å². The quantitative estimate of drug-likeness (QED) is 0.872. The van der Waals surface area contributed by atoms with Crippen LogP contribution in [-0.2, 0) is 0 Å². The van der Waals surface area contributed by atoms with Gasteiger partial charge in [0.05, 0.1) is 10.6 Å². The van der Waals surface area contributed by atoms with E-state index in [9.17, 15) is 4.79 Å². The average molecular weight is 282 g/mol. The van der Waals surface area contributed by atoms with Crippen molar-refractivity contribution >= 4 is 23.3 Å². The number of halogens is 1. The van der Waals surface area contributed by atoms with E-state index in [0.29, 0.717) is 21.8 Å². The molecule has 1 aliphatic carbocycles. The van der Waals surface area contributed by atoms with E-state index in [1.165, 1.54) is 25.5 Å². The van der Waals surface area contributed by atoms with E-state index in [0.717, 1.165) is 13.0 Å². The molecule has 0 saturated heterocycles. The Bertz CT molecular complexity index is 466. The summed E-state index contributed by atoms with van der Waals surface area (Å²) in [5, 5.41) is 6.30. The summed E-state index contributed by atoms with van der Waals surface area (Å²) in [6, 6.07) is 1.68. The molecule has 0 spiro atoms. The number of hydrogen-bond donors (Lipinski definition) is 2. The summed E-state index contributed by atoms with van der Waals surface area (Å²) in [6.45, 7) is 2.92. The lowest BCUT2D eigenvalue weighted by Crippen LogP contribution is -2.41. The van der Waals surface area contributed by atoms with E-state index in [-0.39, 0.29) is 5.91 Å². The third-order valence-corrected chi connectivity index (χ3v) is 4.45. The number of anilines is 1. The van der Waals surface area contributed by atoms with E-state index >= 15 is 0 Å². The zero-order chi connectivity index (χ0) is 13.9. The molecule has 1 fully saturated rings. The average Bonchev–Trinajstić information content (AvgIpc) is 2.38. The van der Waals surface area contributed by atoms with Gasteiger partial charge in [-0.15, -0.1) is 0 Å². The maximum absolute atomic E-state index is 12.2. The second-order valence-electron chi connectivity index (χ2n) is 5.19. The summed E-state index contributed by atoms with van der Waals surface area (Å²) in [7, 11) is 1.76. The number of nitrogens with zero attached hydrogens (tertiary/aromatic N) is 1. The van der Waals surface area contributed by atoms with E-state index in [4.69, 9.17) is 11.6 Å². The second kappa shape index (κ2) is 5.78. The number of hydrogen-bond acceptors (Lipinski definition) is 3. The molecular formula is C14H20ClN3O. The van der Waals surface area contributed by atoms with Gasteiger partial charge in [-0.05, 0) is 30.7 Å². The van der Waals surface area contributed by atoms with Gasteiger partial charge in [0.2, 0.25) is 0 Å². The highest BCUT2D eigenvalue weighted by Crippen LogP contribution is 2.43. The molecule has 0 aliphatic heterocycles. The fourth-order valence-corrected chi connectivity index (χ4v) is 2.63. The number of carbonyl (C=O) groups excluding carboxylic acids is 1. The van der Waals surface area contributed by atoms with Crippen molar-refractivity contribution in [2.75, 3.05) is 18.9 Å². The molecule has 0 atom stereocenters. The SMILES string of the molecule is CCC1(CNC(=O)c2cc(NC)ncc2Cl)CCC1. The summed E-state index contributed by atoms with van der Waals surface area (Å²) < 4.78 is 0. The van der Waals surface area contributed by atoms with Crippen molar-refractivity contribution in [1.82, 2.24) is 10.3 Å². The largest absolute Gasteiger partial charge is 0.373 e. The first-order valence-electron chi connectivity index (χ1n) is 6.72. The first-order chi connectivity index (χ1) is 9.10. The van der Waals surface area contributed by atoms with Crippen LogP contribution >= 0.6 is 11.6 Å². The van der Waals surface area contributed by atoms with Crippen LogP contribution in [0.3, 0.4) is 0 Å². The molecule has 0 unspecified atom stereocenters. The number of amides is 1. The molecule has 5 heteroatoms. The normalized spacial score (nSPS) is 16.6. The molecule has 1 aliphatic rings. The predicted molar refractivity (Wildman–Crippen MR) is 77.7 cm³/mol. The molecule has 4 nitrogen and oxygen atoms in total. The molecule has 2 N–H and O–H groups in total. The fraction of sp³-hybridized carbons (Fsp3) is 0.571. The molecule has 104 valence electrons. The minimum absolute atomic E-state index is 0.122. The van der Waals surface area contributed by atoms with Crippen LogP contribution in [0.1, 0.15) is 43.0 Å². The Labute approximate surface area is 118 Å². The van der Waals surface area contributed by atoms with Gasteiger partial charge in [0.15, 0.2) is 0 Å². The maximum atomic E-state index is 12.2. The van der Waals surface area contributed by atoms with Gasteiger partial charge in [-0.1, -0.05) is 24.9 Å². The van der Waals surface area contributed by atoms with E-state index in [1.54, 1.807) is 13.1 Å². The summed E-state index contributed by atoms with van der Waals surface area (Å²) >= 11 is 6.03. The van der Waals surface area contributed by atoms with Crippen LogP contribution < -0.4 is 10.6 Å². The van der Waals surface area contributed by atoms with E-state index in [1.807, 2.05) is 0 Å². The molecule has 2 rings (SSSR count). The van der Waals surface area contributed by atoms with Crippen LogP contribution in [0.4, 0.5) is 5.82 Å². The highest BCUT2D eigenvalue weighted by atomic mass is 35.5. The molecule has 1 heterocycles. The van der Waals surface area contributed by atoms with Crippen LogP contribution in [0.2, 0.25) is 5.02 Å². The van der Waals surface area contributed by atoms with Gasteiger partial charge >= 0.3 is 0 Å². The van der Waals surface area contributed by atoms with Crippen molar-refractivity contribution in [3.05, 3.63) is 22.8 Å². The second-order valence-corrected chi connectivity index (χ2v) is 5.60. The molecule has 1 amide bonds. The van der Waals surface area contributed by atoms with Gasteiger partial charge in [-0.25, -0.2) is 4.98 Å². The lowest BCUT2D eigenvalue weighted by molar-refractivity contribution is 0.0850. The third kappa shape index (κ3) is 3.00. The molecule has 1 aromatic heterocycles. The van der Waals surface area contributed by atoms with Gasteiger partial charge in [0.1, 0.15) is 5.82 Å². The predicted octanol–water partition coefficient (Wildman–Crippen LogP) is 3.09. The topological polar surface area (TPSA) is 54.0 Å². The molecular weight excluding hydrogens is 262 g/mol. The minimum Gasteiger partial charge on any atom is -0.373 e. The van der Waals surface area contributed by atoms with Crippen LogP contribution in [-0.4, -0.2) is 24.5 Å². The Kier molecular flexibility index (Phi) is 4.30. The molecule has 0 bridgehead atoms. The van der Waals surface area contributed by atoms with Crippen LogP contribution in [0, 0.1) is 5.41 Å². The number of carbonyl (C=O) groups is 1. The number of rotatable bonds is 5. The maximum Gasteiger partial charge on any atom is 0.253 e. The summed E-state index contributed by atoms with van der Waals surface area (Å²) in [4.78, 5) is 16.3. The van der Waals surface area contributed by atoms with Crippen molar-refractivity contribution in [2.45, 2.75) is 32.6 Å². The van der Waals surface area contributed by atoms with Crippen LogP contribution in [0.25, 0.3) is 0 Å². The lowest BCUT2D eigenvalue weighted by Gasteiger charge is -2.41. The molecule has 1 aromatic rings. The summed E-state index contributed by atoms with van der Waals surface area (Å²) in [6.07, 6.45) is 6.29. The summed E-state index contributed by atoms with van der Waals surface area (Å²) in [5.41, 5.74) is 0.785. The van der Waals surface area contributed by atoms with Crippen molar-refractivity contribution in [3.8, 4) is 0 Å². The van der Waals surface area contributed by atoms with Gasteiger partial charge < -0.3 is 10.6 Å². The Morgan fingerprint density at radius 1 is 1.53 bits per heavy atom. The minimum atomic E-state index is -0.122. The van der Waals surface area contributed by atoms with Gasteiger partial charge in [0, 0.05) is 19.8 Å². The Morgan fingerprint density at radius 3 is 2.79 bits per heavy atom. The lowest BCUT2D eigenvalue weighted by atomic mass is 9.67. The van der Waals surface area contributed by atoms with Gasteiger partial charge in [-0.3, -0.25) is 4.79 Å². The highest BCUT2D eigenvalue weighted by molar-refractivity contribution is 6.33. The molecule has 0 aromatic carbocycles. The molecule has 0 radical (unpaired) electrons. The van der Waals surface area contributed by atoms with E-state index < -0.39 is 0 Å². The van der Waals surface area contributed by atoms with E-state index in [2.05, 4.69) is 22.5 Å². The Balaban J connectivity index is 2.03. The zero-order valence-corrected chi connectivity index (χ0v) is 12.2. The molecule has 19 heavy (non-hydrogen) atoms. The zero-order valence-electron chi connectivity index (χ0n) is 11.4. The first-order valence-corrected chi connectivity index (χ1v) is 7.09. The van der Waals surface area contributed by atoms with Crippen molar-refractivity contribution < 1.29 is 4.79 Å². The van der Waals surface area contributed by atoms with Crippen LogP contribution in [0.5, 0.6) is 0 Å². The Morgan fingerprint density at radius 2 is 2.26 bits per heavy atom. The van der Waals surface area contributed by atoms with Crippen LogP contribution in [0.15, 0.2) is 12.3 Å². The Hall–Kier alpha value is -1.29. The standard InChI is InChI=1S/C14H20ClN3O/c1-3-14(5-4-6-14)9-18-13(19)10-7-12(16-2)17-8-11(10)15/h7-8H,3-6,9H2,1-2H3,(H,16,17)(H,18,19). The van der Waals surface area contributed by atoms with Crippen molar-refractivity contribution in [3.63, 3.8) is 0 Å². The van der Waals surface area contributed by atoms with Crippen molar-refractivity contribution in [1.29, 1.82) is 0 Å². The summed E-state index contributed by atoms with van der Waals surface area (Å²) in [5.74, 6) is 0.520. The number of pyridine rings is 1. The molecule has 1 saturated carbocycles. The number of aromatic nitrogens is 1. The first kappa shape index (κ1) is 14.1. The third-order valence-electron chi connectivity index (χ3n) is 4.14. The van der Waals surface area contributed by atoms with Crippen molar-refractivity contribution in [2.24, 2.45) is 5.41 Å². The smallest absolute Gasteiger partial charge is 0.253 e. The fourth-order valence-electron chi connectivity index (χ4n) is 2.44. The highest BCUT2D eigenvalue weighted by Gasteiger charge is 2.35. The number of nitrogens with one attached hydrogen (secondary N) is 2.